The summed E-state index contributed by atoms with van der Waals surface area (Å²) in [4.78, 5) is 17.5. The van der Waals surface area contributed by atoms with Crippen LogP contribution in [0.15, 0.2) is 43.5 Å². The Labute approximate surface area is 213 Å². The average molecular weight is 475 g/mol. The van der Waals surface area contributed by atoms with Crippen molar-refractivity contribution in [3.8, 4) is 0 Å². The standard InChI is InChI=1S/C32H34N4/c1-9-21-17(5)25-14-30-23(11-3)19(7)27(35-30)16-32-24(12-4)20(8)28(36-32)15-31-22(10-2)18(6)26(34-31)13-29(21)33-25/h9,12-16,33,35H,1,4,10-11H2,2-3,5-8H3. The van der Waals surface area contributed by atoms with E-state index in [1.165, 1.54) is 27.8 Å². The molecule has 182 valence electrons. The molecule has 0 saturated heterocycles. The lowest BCUT2D eigenvalue weighted by molar-refractivity contribution is 1.14. The van der Waals surface area contributed by atoms with Crippen LogP contribution in [0.2, 0.25) is 0 Å². The molecule has 3 aromatic rings. The van der Waals surface area contributed by atoms with Crippen molar-refractivity contribution in [3.63, 3.8) is 0 Å². The number of allylic oxidation sites excluding steroid dienone is 5. The monoisotopic (exact) mass is 474 g/mol. The fraction of sp³-hybridized carbons (Fsp3) is 0.250. The highest BCUT2D eigenvalue weighted by Gasteiger charge is 2.19. The number of aromatic amines is 2. The molecule has 0 atom stereocenters. The molecular formula is C32H34N4. The third kappa shape index (κ3) is 3.60. The smallest absolute Gasteiger partial charge is 0.0733 e. The van der Waals surface area contributed by atoms with Crippen molar-refractivity contribution in [1.82, 2.24) is 19.9 Å². The fourth-order valence-corrected chi connectivity index (χ4v) is 5.57. The molecule has 0 amide bonds. The van der Waals surface area contributed by atoms with Gasteiger partial charge in [0.1, 0.15) is 0 Å². The maximum Gasteiger partial charge on any atom is 0.0733 e. The van der Waals surface area contributed by atoms with Crippen LogP contribution >= 0.6 is 0 Å². The number of nitrogens with one attached hydrogen (secondary N) is 2. The third-order valence-electron chi connectivity index (χ3n) is 7.75. The number of H-pyrrole nitrogens is 2. The van der Waals surface area contributed by atoms with E-state index < -0.39 is 0 Å². The first-order valence-electron chi connectivity index (χ1n) is 12.7. The molecule has 0 aliphatic carbocycles. The molecule has 36 heavy (non-hydrogen) atoms. The predicted molar refractivity (Wildman–Crippen MR) is 155 cm³/mol. The number of nitrogens with zero attached hydrogens (tertiary/aromatic N) is 2. The van der Waals surface area contributed by atoms with Crippen molar-refractivity contribution in [2.24, 2.45) is 0 Å². The van der Waals surface area contributed by atoms with E-state index >= 15 is 0 Å². The molecule has 8 bridgehead atoms. The van der Waals surface area contributed by atoms with Crippen molar-refractivity contribution >= 4 is 50.4 Å². The van der Waals surface area contributed by atoms with Gasteiger partial charge >= 0.3 is 0 Å². The summed E-state index contributed by atoms with van der Waals surface area (Å²) in [6, 6.07) is 8.67. The van der Waals surface area contributed by atoms with Crippen LogP contribution in [-0.4, -0.2) is 19.9 Å². The first-order valence-corrected chi connectivity index (χ1v) is 12.7. The first kappa shape index (κ1) is 23.8. The Morgan fingerprint density at radius 2 is 1.31 bits per heavy atom. The van der Waals surface area contributed by atoms with Crippen molar-refractivity contribution in [2.75, 3.05) is 0 Å². The fourth-order valence-electron chi connectivity index (χ4n) is 5.57. The Morgan fingerprint density at radius 3 is 1.97 bits per heavy atom. The maximum atomic E-state index is 5.07. The average Bonchev–Trinajstić information content (AvgIpc) is 3.51. The second-order valence-corrected chi connectivity index (χ2v) is 9.65. The van der Waals surface area contributed by atoms with E-state index in [0.717, 1.165) is 74.4 Å². The van der Waals surface area contributed by atoms with Crippen molar-refractivity contribution in [3.05, 3.63) is 88.5 Å². The zero-order valence-corrected chi connectivity index (χ0v) is 22.2. The van der Waals surface area contributed by atoms with Gasteiger partial charge in [-0.15, -0.1) is 0 Å². The normalized spacial score (nSPS) is 13.5. The van der Waals surface area contributed by atoms with Crippen LogP contribution in [0.4, 0.5) is 0 Å². The molecule has 0 aromatic carbocycles. The van der Waals surface area contributed by atoms with Crippen LogP contribution in [-0.2, 0) is 6.42 Å². The lowest BCUT2D eigenvalue weighted by Crippen LogP contribution is -1.84. The van der Waals surface area contributed by atoms with Gasteiger partial charge in [-0.2, -0.15) is 0 Å². The Hall–Kier alpha value is -3.92. The van der Waals surface area contributed by atoms with E-state index in [0.29, 0.717) is 0 Å². The van der Waals surface area contributed by atoms with E-state index in [-0.39, 0.29) is 0 Å². The minimum Gasteiger partial charge on any atom is -0.355 e. The van der Waals surface area contributed by atoms with Crippen molar-refractivity contribution in [2.45, 2.75) is 54.4 Å². The minimum atomic E-state index is 0.909. The number of rotatable bonds is 4. The van der Waals surface area contributed by atoms with Crippen LogP contribution in [0.3, 0.4) is 0 Å². The summed E-state index contributed by atoms with van der Waals surface area (Å²) >= 11 is 0. The van der Waals surface area contributed by atoms with Crippen LogP contribution in [0.25, 0.3) is 50.4 Å². The van der Waals surface area contributed by atoms with E-state index in [2.05, 4.69) is 88.9 Å². The van der Waals surface area contributed by atoms with Crippen LogP contribution < -0.4 is 0 Å². The van der Waals surface area contributed by atoms with E-state index in [9.17, 15) is 0 Å². The zero-order chi connectivity index (χ0) is 25.7. The summed E-state index contributed by atoms with van der Waals surface area (Å²) in [5.41, 5.74) is 17.6. The van der Waals surface area contributed by atoms with Crippen molar-refractivity contribution in [1.29, 1.82) is 0 Å². The minimum absolute atomic E-state index is 0.909. The molecule has 5 rings (SSSR count). The molecule has 5 heterocycles. The summed E-state index contributed by atoms with van der Waals surface area (Å²) in [6.45, 7) is 21.2. The molecule has 2 N–H and O–H groups in total. The Kier molecular flexibility index (Phi) is 5.91. The van der Waals surface area contributed by atoms with Gasteiger partial charge in [0.05, 0.1) is 22.8 Å². The van der Waals surface area contributed by atoms with E-state index in [1.54, 1.807) is 0 Å². The molecule has 4 nitrogen and oxygen atoms in total. The predicted octanol–water partition coefficient (Wildman–Crippen LogP) is 8.59. The van der Waals surface area contributed by atoms with E-state index in [1.807, 2.05) is 12.2 Å². The number of aryl methyl sites for hydroxylation is 3. The lowest BCUT2D eigenvalue weighted by atomic mass is 10.0. The summed E-state index contributed by atoms with van der Waals surface area (Å²) in [5, 5.41) is 0. The molecule has 2 aliphatic rings. The van der Waals surface area contributed by atoms with Gasteiger partial charge in [-0.05, 0) is 98.2 Å². The van der Waals surface area contributed by atoms with Crippen LogP contribution in [0, 0.1) is 13.8 Å². The van der Waals surface area contributed by atoms with Gasteiger partial charge in [0.15, 0.2) is 0 Å². The Bertz CT molecular complexity index is 1670. The molecule has 2 aliphatic heterocycles. The molecule has 0 unspecified atom stereocenters. The van der Waals surface area contributed by atoms with Gasteiger partial charge in [0, 0.05) is 33.2 Å². The molecule has 0 spiro atoms. The molecule has 0 radical (unpaired) electrons. The number of fused-ring (bicyclic) bond motifs is 8. The van der Waals surface area contributed by atoms with Gasteiger partial charge < -0.3 is 9.97 Å². The first-order chi connectivity index (χ1) is 17.3. The van der Waals surface area contributed by atoms with Crippen LogP contribution in [0.1, 0.15) is 79.1 Å². The highest BCUT2D eigenvalue weighted by Crippen LogP contribution is 2.36. The number of hydrogen-bond acceptors (Lipinski definition) is 2. The number of hydrogen-bond donors (Lipinski definition) is 2. The van der Waals surface area contributed by atoms with Gasteiger partial charge in [-0.1, -0.05) is 39.2 Å². The topological polar surface area (TPSA) is 57.4 Å². The summed E-state index contributed by atoms with van der Waals surface area (Å²) in [6.07, 6.45) is 5.70. The molecule has 0 fully saturated rings. The number of aromatic nitrogens is 4. The summed E-state index contributed by atoms with van der Waals surface area (Å²) in [7, 11) is 0. The maximum absolute atomic E-state index is 5.07. The quantitative estimate of drug-likeness (QED) is 0.398. The van der Waals surface area contributed by atoms with Gasteiger partial charge in [-0.3, -0.25) is 0 Å². The highest BCUT2D eigenvalue weighted by atomic mass is 14.8. The lowest BCUT2D eigenvalue weighted by Gasteiger charge is -2.00. The largest absolute Gasteiger partial charge is 0.355 e. The molecule has 3 aromatic heterocycles. The SMILES string of the molecule is C=CC1=C(C)c2cc3nc(cc4[nH]c(cc5[nH]c(cc1n2)c(C)c5CC)c(C)c4C=C)C(C)=C3CC. The van der Waals surface area contributed by atoms with Crippen molar-refractivity contribution < 1.29 is 0 Å². The summed E-state index contributed by atoms with van der Waals surface area (Å²) < 4.78 is 0. The van der Waals surface area contributed by atoms with Gasteiger partial charge in [-0.25, -0.2) is 9.97 Å². The molecule has 4 heteroatoms. The molecule has 0 saturated carbocycles. The van der Waals surface area contributed by atoms with Gasteiger partial charge in [0.2, 0.25) is 0 Å². The molecular weight excluding hydrogens is 440 g/mol. The van der Waals surface area contributed by atoms with Crippen LogP contribution in [0.5, 0.6) is 0 Å². The Balaban J connectivity index is 2.02. The highest BCUT2D eigenvalue weighted by molar-refractivity contribution is 5.98. The van der Waals surface area contributed by atoms with E-state index in [4.69, 9.17) is 9.97 Å². The second kappa shape index (κ2) is 8.94. The summed E-state index contributed by atoms with van der Waals surface area (Å²) in [5.74, 6) is 0. The third-order valence-corrected chi connectivity index (χ3v) is 7.75. The van der Waals surface area contributed by atoms with Gasteiger partial charge in [0.25, 0.3) is 0 Å². The second-order valence-electron chi connectivity index (χ2n) is 9.65. The zero-order valence-electron chi connectivity index (χ0n) is 22.2. The Morgan fingerprint density at radius 1 is 0.667 bits per heavy atom.